The number of nitrogens with one attached hydrogen (secondary N) is 1. The zero-order valence-corrected chi connectivity index (χ0v) is 14.8. The Bertz CT molecular complexity index is 646. The van der Waals surface area contributed by atoms with Crippen molar-refractivity contribution in [2.45, 2.75) is 26.3 Å². The fourth-order valence-corrected chi connectivity index (χ4v) is 2.88. The minimum atomic E-state index is -0.490. The van der Waals surface area contributed by atoms with E-state index < -0.39 is 11.9 Å². The fourth-order valence-electron chi connectivity index (χ4n) is 2.88. The molecule has 1 heterocycles. The first-order valence-corrected chi connectivity index (χ1v) is 8.33. The monoisotopic (exact) mass is 348 g/mol. The maximum atomic E-state index is 12.5. The van der Waals surface area contributed by atoms with Gasteiger partial charge >= 0.3 is 5.97 Å². The molecule has 2 amide bonds. The average molecular weight is 348 g/mol. The number of hydrogen-bond donors (Lipinski definition) is 1. The second kappa shape index (κ2) is 8.62. The van der Waals surface area contributed by atoms with Gasteiger partial charge in [0.1, 0.15) is 0 Å². The molecule has 0 saturated carbocycles. The SMILES string of the molecule is CCOC(=O)c1ccccc1NC(=O)[C@@H]1CC(=O)N([C@H](C)COC)C1. The second-order valence-electron chi connectivity index (χ2n) is 6.01. The molecule has 7 nitrogen and oxygen atoms in total. The van der Waals surface area contributed by atoms with E-state index >= 15 is 0 Å². The number of benzene rings is 1. The highest BCUT2D eigenvalue weighted by atomic mass is 16.5. The molecular weight excluding hydrogens is 324 g/mol. The van der Waals surface area contributed by atoms with Gasteiger partial charge < -0.3 is 19.7 Å². The summed E-state index contributed by atoms with van der Waals surface area (Å²) in [5.41, 5.74) is 0.688. The molecule has 1 saturated heterocycles. The van der Waals surface area contributed by atoms with Gasteiger partial charge in [-0.1, -0.05) is 12.1 Å². The number of amides is 2. The Labute approximate surface area is 147 Å². The van der Waals surface area contributed by atoms with Crippen molar-refractivity contribution in [2.75, 3.05) is 32.2 Å². The standard InChI is InChI=1S/C18H24N2O5/c1-4-25-18(23)14-7-5-6-8-15(14)19-17(22)13-9-16(21)20(10-13)12(2)11-24-3/h5-8,12-13H,4,9-11H2,1-3H3,(H,19,22)/t12-,13-/m1/s1. The lowest BCUT2D eigenvalue weighted by molar-refractivity contribution is -0.130. The van der Waals surface area contributed by atoms with E-state index in [-0.39, 0.29) is 30.9 Å². The number of methoxy groups -OCH3 is 1. The number of rotatable bonds is 7. The van der Waals surface area contributed by atoms with Crippen LogP contribution in [0.2, 0.25) is 0 Å². The molecule has 0 aromatic heterocycles. The molecule has 0 spiro atoms. The summed E-state index contributed by atoms with van der Waals surface area (Å²) >= 11 is 0. The molecule has 0 bridgehead atoms. The zero-order valence-electron chi connectivity index (χ0n) is 14.8. The first-order valence-electron chi connectivity index (χ1n) is 8.33. The molecule has 2 rings (SSSR count). The molecule has 1 aromatic rings. The van der Waals surface area contributed by atoms with Gasteiger partial charge in [0.2, 0.25) is 11.8 Å². The van der Waals surface area contributed by atoms with Crippen LogP contribution in [0.25, 0.3) is 0 Å². The highest BCUT2D eigenvalue weighted by Gasteiger charge is 2.36. The molecule has 136 valence electrons. The van der Waals surface area contributed by atoms with Crippen molar-refractivity contribution in [1.29, 1.82) is 0 Å². The predicted octanol–water partition coefficient (Wildman–Crippen LogP) is 1.69. The fraction of sp³-hybridized carbons (Fsp3) is 0.500. The molecule has 1 aliphatic heterocycles. The van der Waals surface area contributed by atoms with E-state index in [4.69, 9.17) is 9.47 Å². The van der Waals surface area contributed by atoms with Crippen molar-refractivity contribution in [3.63, 3.8) is 0 Å². The van der Waals surface area contributed by atoms with Crippen LogP contribution in [0.1, 0.15) is 30.6 Å². The Balaban J connectivity index is 2.06. The maximum Gasteiger partial charge on any atom is 0.340 e. The third-order valence-electron chi connectivity index (χ3n) is 4.15. The molecule has 1 aliphatic rings. The molecule has 2 atom stereocenters. The summed E-state index contributed by atoms with van der Waals surface area (Å²) in [6, 6.07) is 6.59. The summed E-state index contributed by atoms with van der Waals surface area (Å²) < 4.78 is 10.1. The summed E-state index contributed by atoms with van der Waals surface area (Å²) in [7, 11) is 1.58. The summed E-state index contributed by atoms with van der Waals surface area (Å²) in [5, 5.41) is 2.75. The summed E-state index contributed by atoms with van der Waals surface area (Å²) in [6.45, 7) is 4.63. The lowest BCUT2D eigenvalue weighted by Gasteiger charge is -2.24. The predicted molar refractivity (Wildman–Crippen MR) is 92.2 cm³/mol. The normalized spacial score (nSPS) is 18.1. The van der Waals surface area contributed by atoms with E-state index in [1.807, 2.05) is 6.92 Å². The van der Waals surface area contributed by atoms with Crippen LogP contribution in [-0.4, -0.2) is 55.6 Å². The molecular formula is C18H24N2O5. The van der Waals surface area contributed by atoms with Crippen LogP contribution in [0.3, 0.4) is 0 Å². The van der Waals surface area contributed by atoms with Crippen molar-refractivity contribution >= 4 is 23.5 Å². The topological polar surface area (TPSA) is 84.9 Å². The number of para-hydroxylation sites is 1. The first kappa shape index (κ1) is 18.9. The molecule has 1 aromatic carbocycles. The molecule has 7 heteroatoms. The molecule has 1 N–H and O–H groups in total. The van der Waals surface area contributed by atoms with Gasteiger partial charge in [0, 0.05) is 20.1 Å². The van der Waals surface area contributed by atoms with Gasteiger partial charge in [0.15, 0.2) is 0 Å². The average Bonchev–Trinajstić information content (AvgIpc) is 2.98. The second-order valence-corrected chi connectivity index (χ2v) is 6.01. The number of likely N-dealkylation sites (tertiary alicyclic amines) is 1. The third kappa shape index (κ3) is 4.57. The molecule has 25 heavy (non-hydrogen) atoms. The van der Waals surface area contributed by atoms with E-state index in [9.17, 15) is 14.4 Å². The molecule has 0 unspecified atom stereocenters. The van der Waals surface area contributed by atoms with E-state index in [0.717, 1.165) is 0 Å². The lowest BCUT2D eigenvalue weighted by atomic mass is 10.1. The number of esters is 1. The zero-order chi connectivity index (χ0) is 18.4. The van der Waals surface area contributed by atoms with Crippen molar-refractivity contribution in [1.82, 2.24) is 4.90 Å². The Morgan fingerprint density at radius 3 is 2.76 bits per heavy atom. The molecule has 1 fully saturated rings. The van der Waals surface area contributed by atoms with E-state index in [1.54, 1.807) is 43.2 Å². The van der Waals surface area contributed by atoms with Gasteiger partial charge in [-0.2, -0.15) is 0 Å². The van der Waals surface area contributed by atoms with Crippen molar-refractivity contribution in [3.8, 4) is 0 Å². The van der Waals surface area contributed by atoms with Gasteiger partial charge in [0.05, 0.1) is 36.4 Å². The number of carbonyl (C=O) groups excluding carboxylic acids is 3. The van der Waals surface area contributed by atoms with Gasteiger partial charge in [0.25, 0.3) is 0 Å². The van der Waals surface area contributed by atoms with Crippen LogP contribution in [-0.2, 0) is 19.1 Å². The van der Waals surface area contributed by atoms with E-state index in [2.05, 4.69) is 5.32 Å². The van der Waals surface area contributed by atoms with Crippen LogP contribution in [0, 0.1) is 5.92 Å². The smallest absolute Gasteiger partial charge is 0.340 e. The van der Waals surface area contributed by atoms with Crippen LogP contribution in [0.5, 0.6) is 0 Å². The number of anilines is 1. The maximum absolute atomic E-state index is 12.5. The Morgan fingerprint density at radius 1 is 1.36 bits per heavy atom. The lowest BCUT2D eigenvalue weighted by Crippen LogP contribution is -2.38. The minimum absolute atomic E-state index is 0.0663. The quantitative estimate of drug-likeness (QED) is 0.758. The minimum Gasteiger partial charge on any atom is -0.462 e. The summed E-state index contributed by atoms with van der Waals surface area (Å²) in [4.78, 5) is 38.3. The number of hydrogen-bond acceptors (Lipinski definition) is 5. The van der Waals surface area contributed by atoms with Crippen LogP contribution < -0.4 is 5.32 Å². The number of carbonyl (C=O) groups is 3. The van der Waals surface area contributed by atoms with Gasteiger partial charge in [-0.15, -0.1) is 0 Å². The van der Waals surface area contributed by atoms with Crippen molar-refractivity contribution in [3.05, 3.63) is 29.8 Å². The highest BCUT2D eigenvalue weighted by molar-refractivity contribution is 6.03. The Kier molecular flexibility index (Phi) is 6.52. The third-order valence-corrected chi connectivity index (χ3v) is 4.15. The van der Waals surface area contributed by atoms with Crippen LogP contribution in [0.4, 0.5) is 5.69 Å². The number of ether oxygens (including phenoxy) is 2. The van der Waals surface area contributed by atoms with E-state index in [1.165, 1.54) is 0 Å². The van der Waals surface area contributed by atoms with Crippen LogP contribution >= 0.6 is 0 Å². The Morgan fingerprint density at radius 2 is 2.08 bits per heavy atom. The first-order chi connectivity index (χ1) is 12.0. The van der Waals surface area contributed by atoms with Gasteiger partial charge in [-0.3, -0.25) is 9.59 Å². The largest absolute Gasteiger partial charge is 0.462 e. The van der Waals surface area contributed by atoms with Crippen molar-refractivity contribution < 1.29 is 23.9 Å². The molecule has 0 radical (unpaired) electrons. The number of nitrogens with zero attached hydrogens (tertiary/aromatic N) is 1. The Hall–Kier alpha value is -2.41. The van der Waals surface area contributed by atoms with Crippen molar-refractivity contribution in [2.24, 2.45) is 5.92 Å². The van der Waals surface area contributed by atoms with E-state index in [0.29, 0.717) is 24.4 Å². The van der Waals surface area contributed by atoms with Gasteiger partial charge in [-0.05, 0) is 26.0 Å². The van der Waals surface area contributed by atoms with Crippen LogP contribution in [0.15, 0.2) is 24.3 Å². The summed E-state index contributed by atoms with van der Waals surface area (Å²) in [6.07, 6.45) is 0.154. The molecule has 0 aliphatic carbocycles. The summed E-state index contributed by atoms with van der Waals surface area (Å²) in [5.74, 6) is -1.29. The van der Waals surface area contributed by atoms with Gasteiger partial charge in [-0.25, -0.2) is 4.79 Å². The highest BCUT2D eigenvalue weighted by Crippen LogP contribution is 2.23.